The quantitative estimate of drug-likeness (QED) is 0.389. The molecule has 2 saturated heterocycles. The minimum atomic E-state index is -4.87. The van der Waals surface area contributed by atoms with Crippen LogP contribution in [0.1, 0.15) is 30.4 Å². The summed E-state index contributed by atoms with van der Waals surface area (Å²) in [5, 5.41) is 7.78. The molecule has 5 rings (SSSR count). The van der Waals surface area contributed by atoms with E-state index >= 15 is 0 Å². The van der Waals surface area contributed by atoms with Gasteiger partial charge in [-0.3, -0.25) is 14.4 Å². The van der Waals surface area contributed by atoms with E-state index in [-0.39, 0.29) is 68.9 Å². The number of piperazine rings is 1. The second-order valence-corrected chi connectivity index (χ2v) is 9.90. The molecule has 0 unspecified atom stereocenters. The van der Waals surface area contributed by atoms with Crippen LogP contribution in [0.3, 0.4) is 0 Å². The van der Waals surface area contributed by atoms with Crippen LogP contribution in [-0.4, -0.2) is 83.4 Å². The third kappa shape index (κ3) is 5.80. The number of fused-ring (bicyclic) bond motifs is 3. The Balaban J connectivity index is 1.15. The zero-order chi connectivity index (χ0) is 29.5. The molecule has 2 aromatic rings. The fourth-order valence-electron chi connectivity index (χ4n) is 5.38. The minimum Gasteiger partial charge on any atom is -0.379 e. The maximum atomic E-state index is 13.5. The van der Waals surface area contributed by atoms with Crippen LogP contribution in [0.15, 0.2) is 23.3 Å². The second kappa shape index (κ2) is 10.8. The van der Waals surface area contributed by atoms with Gasteiger partial charge in [-0.25, -0.2) is 10.1 Å². The molecule has 2 N–H and O–H groups in total. The lowest BCUT2D eigenvalue weighted by molar-refractivity contribution is -0.139. The predicted molar refractivity (Wildman–Crippen MR) is 131 cm³/mol. The molecule has 2 atom stereocenters. The molecule has 2 aromatic heterocycles. The van der Waals surface area contributed by atoms with Gasteiger partial charge < -0.3 is 24.8 Å². The molecule has 2 fully saturated rings. The number of anilines is 3. The Morgan fingerprint density at radius 3 is 2.56 bits per heavy atom. The van der Waals surface area contributed by atoms with Gasteiger partial charge in [0, 0.05) is 25.8 Å². The van der Waals surface area contributed by atoms with Crippen LogP contribution in [-0.2, 0) is 26.7 Å². The zero-order valence-corrected chi connectivity index (χ0v) is 21.4. The molecular formula is C24H25F6N7O4. The summed E-state index contributed by atoms with van der Waals surface area (Å²) in [4.78, 5) is 45.7. The summed E-state index contributed by atoms with van der Waals surface area (Å²) in [6.07, 6.45) is -6.75. The highest BCUT2D eigenvalue weighted by Crippen LogP contribution is 2.38. The number of H-pyrrole nitrogens is 1. The van der Waals surface area contributed by atoms with E-state index in [2.05, 4.69) is 15.4 Å². The Morgan fingerprint density at radius 2 is 1.83 bits per heavy atom. The van der Waals surface area contributed by atoms with E-state index in [9.17, 15) is 40.7 Å². The van der Waals surface area contributed by atoms with Crippen molar-refractivity contribution in [2.45, 2.75) is 43.7 Å². The minimum absolute atomic E-state index is 0.00101. The van der Waals surface area contributed by atoms with E-state index in [1.807, 2.05) is 5.10 Å². The summed E-state index contributed by atoms with van der Waals surface area (Å²) in [7, 11) is 0. The van der Waals surface area contributed by atoms with Gasteiger partial charge in [-0.1, -0.05) is 0 Å². The number of hydrogen-bond donors (Lipinski definition) is 2. The molecule has 0 radical (unpaired) electrons. The highest BCUT2D eigenvalue weighted by molar-refractivity contribution is 6.03. The van der Waals surface area contributed by atoms with Crippen molar-refractivity contribution in [3.05, 3.63) is 39.9 Å². The number of halogens is 6. The van der Waals surface area contributed by atoms with Crippen LogP contribution >= 0.6 is 0 Å². The lowest BCUT2D eigenvalue weighted by Gasteiger charge is -2.44. The first-order chi connectivity index (χ1) is 19.3. The molecule has 11 nitrogen and oxygen atoms in total. The molecule has 17 heteroatoms. The number of ether oxygens (including phenoxy) is 1. The number of nitrogens with zero attached hydrogens (tertiary/aromatic N) is 5. The van der Waals surface area contributed by atoms with E-state index in [1.165, 1.54) is 9.80 Å². The monoisotopic (exact) mass is 589 g/mol. The summed E-state index contributed by atoms with van der Waals surface area (Å²) in [5.74, 6) is -0.672. The second-order valence-electron chi connectivity index (χ2n) is 9.90. The molecule has 2 amide bonds. The van der Waals surface area contributed by atoms with Crippen LogP contribution in [0.25, 0.3) is 0 Å². The first kappa shape index (κ1) is 28.6. The molecule has 0 spiro atoms. The number of carbonyl (C=O) groups is 2. The number of aromatic amines is 1. The van der Waals surface area contributed by atoms with E-state index < -0.39 is 47.0 Å². The summed E-state index contributed by atoms with van der Waals surface area (Å²) >= 11 is 0. The van der Waals surface area contributed by atoms with Gasteiger partial charge >= 0.3 is 12.4 Å². The van der Waals surface area contributed by atoms with Gasteiger partial charge in [0.1, 0.15) is 11.6 Å². The number of aromatic nitrogens is 3. The van der Waals surface area contributed by atoms with Crippen molar-refractivity contribution >= 4 is 29.0 Å². The summed E-state index contributed by atoms with van der Waals surface area (Å²) in [6.45, 7) is 0.669. The lowest BCUT2D eigenvalue weighted by Crippen LogP contribution is -2.61. The van der Waals surface area contributed by atoms with Gasteiger partial charge in [-0.05, 0) is 18.9 Å². The van der Waals surface area contributed by atoms with Crippen molar-refractivity contribution in [3.63, 3.8) is 0 Å². The predicted octanol–water partition coefficient (Wildman–Crippen LogP) is 2.25. The topological polar surface area (TPSA) is 124 Å². The average Bonchev–Trinajstić information content (AvgIpc) is 3.37. The van der Waals surface area contributed by atoms with Crippen molar-refractivity contribution in [3.8, 4) is 0 Å². The van der Waals surface area contributed by atoms with Crippen LogP contribution in [0.5, 0.6) is 0 Å². The molecule has 3 aliphatic heterocycles. The molecule has 5 heterocycles. The van der Waals surface area contributed by atoms with Gasteiger partial charge in [-0.2, -0.15) is 31.4 Å². The standard InChI is InChI=1S/C24H25F6N7O4/c25-23(26,27)13-8-15-20(31-9-13)37-6-5-35(11-17(37)21(39)33-15)18(38)3-7-41-12-14-2-1-4-36(14)16-10-32-34-22(40)19(16)24(28,29)30/h8-10,14,17H,1-7,11-12H2,(H,33,39)(H,34,40)/t14-,17-/m0/s1. The van der Waals surface area contributed by atoms with Crippen LogP contribution in [0, 0.1) is 0 Å². The molecular weight excluding hydrogens is 564 g/mol. The maximum Gasteiger partial charge on any atom is 0.423 e. The smallest absolute Gasteiger partial charge is 0.379 e. The van der Waals surface area contributed by atoms with E-state index in [1.54, 1.807) is 4.90 Å². The molecule has 41 heavy (non-hydrogen) atoms. The first-order valence-electron chi connectivity index (χ1n) is 12.8. The van der Waals surface area contributed by atoms with Crippen LogP contribution < -0.4 is 20.7 Å². The number of rotatable bonds is 6. The number of hydrogen-bond acceptors (Lipinski definition) is 8. The van der Waals surface area contributed by atoms with Gasteiger partial charge in [0.25, 0.3) is 5.56 Å². The normalized spacial score (nSPS) is 21.0. The Labute approximate surface area is 228 Å². The van der Waals surface area contributed by atoms with Gasteiger partial charge in [0.05, 0.1) is 55.4 Å². The molecule has 0 aromatic carbocycles. The number of pyridine rings is 1. The number of carbonyl (C=O) groups excluding carboxylic acids is 2. The van der Waals surface area contributed by atoms with Crippen molar-refractivity contribution in [1.82, 2.24) is 20.1 Å². The van der Waals surface area contributed by atoms with Crippen molar-refractivity contribution in [2.24, 2.45) is 0 Å². The molecule has 0 saturated carbocycles. The summed E-state index contributed by atoms with van der Waals surface area (Å²) in [6, 6.07) is -0.454. The van der Waals surface area contributed by atoms with E-state index in [0.29, 0.717) is 19.0 Å². The fraction of sp³-hybridized carbons (Fsp3) is 0.542. The fourth-order valence-corrected chi connectivity index (χ4v) is 5.38. The summed E-state index contributed by atoms with van der Waals surface area (Å²) in [5.41, 5.74) is -4.01. The van der Waals surface area contributed by atoms with E-state index in [4.69, 9.17) is 4.74 Å². The average molecular weight is 589 g/mol. The highest BCUT2D eigenvalue weighted by atomic mass is 19.4. The lowest BCUT2D eigenvalue weighted by atomic mass is 10.1. The maximum absolute atomic E-state index is 13.5. The number of alkyl halides is 6. The van der Waals surface area contributed by atoms with Gasteiger partial charge in [0.2, 0.25) is 11.8 Å². The number of amides is 2. The third-order valence-corrected chi connectivity index (χ3v) is 7.34. The molecule has 0 aliphatic carbocycles. The van der Waals surface area contributed by atoms with E-state index in [0.717, 1.165) is 12.3 Å². The Morgan fingerprint density at radius 1 is 1.05 bits per heavy atom. The number of nitrogens with one attached hydrogen (secondary N) is 2. The third-order valence-electron chi connectivity index (χ3n) is 7.34. The highest BCUT2D eigenvalue weighted by Gasteiger charge is 2.42. The van der Waals surface area contributed by atoms with Gasteiger partial charge in [0.15, 0.2) is 5.82 Å². The molecule has 222 valence electrons. The largest absolute Gasteiger partial charge is 0.423 e. The van der Waals surface area contributed by atoms with Crippen LogP contribution in [0.2, 0.25) is 0 Å². The summed E-state index contributed by atoms with van der Waals surface area (Å²) < 4.78 is 85.2. The Hall–Kier alpha value is -3.89. The zero-order valence-electron chi connectivity index (χ0n) is 21.4. The van der Waals surface area contributed by atoms with Crippen molar-refractivity contribution < 1.29 is 40.7 Å². The van der Waals surface area contributed by atoms with Crippen molar-refractivity contribution in [2.75, 3.05) is 54.5 Å². The first-order valence-corrected chi connectivity index (χ1v) is 12.8. The molecule has 3 aliphatic rings. The SMILES string of the molecule is O=C1Nc2cc(C(F)(F)F)cnc2N2CCN(C(=O)CCOC[C@@H]3CCCN3c3cn[nH]c(=O)c3C(F)(F)F)C[C@@H]12. The van der Waals surface area contributed by atoms with Crippen LogP contribution in [0.4, 0.5) is 43.5 Å². The Kier molecular flexibility index (Phi) is 7.56. The Bertz CT molecular complexity index is 1380. The molecule has 0 bridgehead atoms. The van der Waals surface area contributed by atoms with Crippen molar-refractivity contribution in [1.29, 1.82) is 0 Å². The van der Waals surface area contributed by atoms with Gasteiger partial charge in [-0.15, -0.1) is 0 Å².